The van der Waals surface area contributed by atoms with E-state index in [1.54, 1.807) is 12.5 Å². The van der Waals surface area contributed by atoms with Crippen LogP contribution in [0.5, 0.6) is 0 Å². The van der Waals surface area contributed by atoms with Gasteiger partial charge in [0.1, 0.15) is 6.61 Å². The summed E-state index contributed by atoms with van der Waals surface area (Å²) in [6.07, 6.45) is 3.28. The Balaban J connectivity index is 0. The van der Waals surface area contributed by atoms with E-state index >= 15 is 0 Å². The quantitative estimate of drug-likeness (QED) is 0.335. The Kier molecular flexibility index (Phi) is 10.7. The van der Waals surface area contributed by atoms with Crippen LogP contribution in [0.2, 0.25) is 0 Å². The number of aliphatic hydroxyl groups is 1. The van der Waals surface area contributed by atoms with Gasteiger partial charge in [-0.1, -0.05) is 11.2 Å². The molecule has 0 saturated heterocycles. The predicted molar refractivity (Wildman–Crippen MR) is 38.9 cm³/mol. The van der Waals surface area contributed by atoms with Crippen molar-refractivity contribution in [1.82, 2.24) is 0 Å². The van der Waals surface area contributed by atoms with E-state index in [2.05, 4.69) is 0 Å². The van der Waals surface area contributed by atoms with Crippen LogP contribution in [0, 0.1) is 10.1 Å². The third-order valence-electron chi connectivity index (χ3n) is 0.283. The molecule has 1 N–H and O–H groups in total. The maximum absolute atomic E-state index is 9.56. The van der Waals surface area contributed by atoms with Gasteiger partial charge in [0.2, 0.25) is 6.54 Å². The molecule has 0 unspecified atom stereocenters. The number of hydrogen-bond acceptors (Lipinski definition) is 4. The molecule has 0 aliphatic carbocycles. The maximum atomic E-state index is 9.56. The SMILES string of the molecule is C[S+](C)[O-].O=[N+]([O-])CCO. The molecule has 0 aliphatic rings. The molecule has 0 rings (SSSR count). The van der Waals surface area contributed by atoms with Crippen LogP contribution >= 0.6 is 0 Å². The minimum atomic E-state index is -0.611. The lowest BCUT2D eigenvalue weighted by Gasteiger charge is -1.87. The Morgan fingerprint density at radius 3 is 1.90 bits per heavy atom. The molecule has 0 aliphatic heterocycles. The lowest BCUT2D eigenvalue weighted by atomic mass is 10.7. The first-order valence-electron chi connectivity index (χ1n) is 2.48. The first-order chi connectivity index (χ1) is 4.50. The number of nitro groups is 1. The zero-order valence-electron chi connectivity index (χ0n) is 5.94. The minimum Gasteiger partial charge on any atom is -0.617 e. The van der Waals surface area contributed by atoms with Crippen LogP contribution < -0.4 is 0 Å². The first kappa shape index (κ1) is 12.4. The van der Waals surface area contributed by atoms with Gasteiger partial charge in [0.05, 0.1) is 12.5 Å². The Morgan fingerprint density at radius 2 is 1.90 bits per heavy atom. The van der Waals surface area contributed by atoms with E-state index in [1.165, 1.54) is 0 Å². The van der Waals surface area contributed by atoms with Crippen molar-refractivity contribution in [2.45, 2.75) is 0 Å². The van der Waals surface area contributed by atoms with Gasteiger partial charge in [-0.25, -0.2) is 0 Å². The molecule has 0 fully saturated rings. The Labute approximate surface area is 62.4 Å². The van der Waals surface area contributed by atoms with Gasteiger partial charge >= 0.3 is 0 Å². The highest BCUT2D eigenvalue weighted by Gasteiger charge is 1.87. The molecule has 0 amide bonds. The third-order valence-corrected chi connectivity index (χ3v) is 0.283. The smallest absolute Gasteiger partial charge is 0.226 e. The van der Waals surface area contributed by atoms with E-state index in [4.69, 9.17) is 5.11 Å². The highest BCUT2D eigenvalue weighted by Crippen LogP contribution is 1.62. The first-order valence-corrected chi connectivity index (χ1v) is 4.45. The van der Waals surface area contributed by atoms with Gasteiger partial charge < -0.3 is 9.66 Å². The van der Waals surface area contributed by atoms with Gasteiger partial charge in [-0.2, -0.15) is 0 Å². The van der Waals surface area contributed by atoms with Gasteiger partial charge in [0.25, 0.3) is 0 Å². The number of rotatable bonds is 2. The molecular weight excluding hydrogens is 158 g/mol. The van der Waals surface area contributed by atoms with E-state index in [0.717, 1.165) is 0 Å². The second-order valence-corrected chi connectivity index (χ2v) is 3.00. The van der Waals surface area contributed by atoms with Crippen molar-refractivity contribution in [3.8, 4) is 0 Å². The average Bonchev–Trinajstić information content (AvgIpc) is 1.62. The molecule has 6 heteroatoms. The topological polar surface area (TPSA) is 86.4 Å². The molecule has 0 aromatic carbocycles. The zero-order chi connectivity index (χ0) is 8.57. The summed E-state index contributed by atoms with van der Waals surface area (Å²) < 4.78 is 9.56. The molecule has 62 valence electrons. The van der Waals surface area contributed by atoms with E-state index in [-0.39, 0.29) is 13.2 Å². The number of hydrogen-bond donors (Lipinski definition) is 1. The third kappa shape index (κ3) is 47.9. The molecule has 0 atom stereocenters. The van der Waals surface area contributed by atoms with E-state index < -0.39 is 16.1 Å². The summed E-state index contributed by atoms with van der Waals surface area (Å²) in [6, 6.07) is 0. The van der Waals surface area contributed by atoms with Crippen molar-refractivity contribution in [3.63, 3.8) is 0 Å². The van der Waals surface area contributed by atoms with Crippen LogP contribution in [-0.2, 0) is 11.2 Å². The van der Waals surface area contributed by atoms with Crippen LogP contribution in [0.3, 0.4) is 0 Å². The molecule has 0 saturated carbocycles. The molecule has 0 bridgehead atoms. The van der Waals surface area contributed by atoms with Gasteiger partial charge in [-0.15, -0.1) is 0 Å². The summed E-state index contributed by atoms with van der Waals surface area (Å²) >= 11 is -0.611. The summed E-state index contributed by atoms with van der Waals surface area (Å²) in [6.45, 7) is -0.715. The molecule has 10 heavy (non-hydrogen) atoms. The molecule has 0 aromatic heterocycles. The fourth-order valence-corrected chi connectivity index (χ4v) is 0.0816. The normalized spacial score (nSPS) is 8.50. The van der Waals surface area contributed by atoms with Crippen molar-refractivity contribution in [2.24, 2.45) is 0 Å². The predicted octanol–water partition coefficient (Wildman–Crippen LogP) is -0.750. The highest BCUT2D eigenvalue weighted by molar-refractivity contribution is 7.89. The van der Waals surface area contributed by atoms with Crippen LogP contribution in [0.1, 0.15) is 0 Å². The van der Waals surface area contributed by atoms with Crippen LogP contribution in [0.4, 0.5) is 0 Å². The molecule has 0 heterocycles. The van der Waals surface area contributed by atoms with E-state index in [0.29, 0.717) is 0 Å². The molecular formula is C4H11NO4S. The highest BCUT2D eigenvalue weighted by atomic mass is 32.2. The lowest BCUT2D eigenvalue weighted by Crippen LogP contribution is -2.03. The monoisotopic (exact) mass is 169 g/mol. The summed E-state index contributed by atoms with van der Waals surface area (Å²) in [7, 11) is 0. The van der Waals surface area contributed by atoms with Gasteiger partial charge in [-0.3, -0.25) is 10.1 Å². The standard InChI is InChI=1S/C2H5NO3.C2H6OS/c4-2-1-3(5)6;1-4(2)3/h4H,1-2H2;1-2H3. The molecule has 5 nitrogen and oxygen atoms in total. The van der Waals surface area contributed by atoms with Gasteiger partial charge in [0.15, 0.2) is 0 Å². The van der Waals surface area contributed by atoms with E-state index in [9.17, 15) is 14.7 Å². The summed E-state index contributed by atoms with van der Waals surface area (Å²) in [5.74, 6) is 0. The van der Waals surface area contributed by atoms with Crippen molar-refractivity contribution < 1.29 is 14.6 Å². The van der Waals surface area contributed by atoms with Crippen LogP contribution in [0.25, 0.3) is 0 Å². The minimum absolute atomic E-state index is 0.347. The largest absolute Gasteiger partial charge is 0.617 e. The summed E-state index contributed by atoms with van der Waals surface area (Å²) in [4.78, 5) is 8.68. The Hall–Kier alpha value is -0.330. The molecule has 0 radical (unpaired) electrons. The summed E-state index contributed by atoms with van der Waals surface area (Å²) in [5, 5.41) is 17.0. The molecule has 0 aromatic rings. The van der Waals surface area contributed by atoms with Gasteiger partial charge in [-0.05, 0) is 0 Å². The second-order valence-electron chi connectivity index (χ2n) is 1.52. The zero-order valence-corrected chi connectivity index (χ0v) is 6.76. The summed E-state index contributed by atoms with van der Waals surface area (Å²) in [5.41, 5.74) is 0. The Bertz CT molecular complexity index is 84.6. The van der Waals surface area contributed by atoms with E-state index in [1.807, 2.05) is 0 Å². The fraction of sp³-hybridized carbons (Fsp3) is 1.00. The number of nitrogens with zero attached hydrogens (tertiary/aromatic N) is 1. The molecule has 0 spiro atoms. The van der Waals surface area contributed by atoms with Crippen LogP contribution in [0.15, 0.2) is 0 Å². The maximum Gasteiger partial charge on any atom is 0.226 e. The van der Waals surface area contributed by atoms with Crippen molar-refractivity contribution in [2.75, 3.05) is 25.7 Å². The van der Waals surface area contributed by atoms with Crippen molar-refractivity contribution in [1.29, 1.82) is 0 Å². The second kappa shape index (κ2) is 8.67. The fourth-order valence-electron chi connectivity index (χ4n) is 0.0816. The van der Waals surface area contributed by atoms with Crippen molar-refractivity contribution in [3.05, 3.63) is 10.1 Å². The Morgan fingerprint density at radius 1 is 1.60 bits per heavy atom. The lowest BCUT2D eigenvalue weighted by molar-refractivity contribution is -0.482. The average molecular weight is 169 g/mol. The van der Waals surface area contributed by atoms with Crippen LogP contribution in [-0.4, -0.2) is 40.2 Å². The van der Waals surface area contributed by atoms with Crippen molar-refractivity contribution >= 4 is 11.2 Å². The number of aliphatic hydroxyl groups excluding tert-OH is 1. The van der Waals surface area contributed by atoms with Gasteiger partial charge in [0, 0.05) is 4.92 Å².